The maximum Gasteiger partial charge on any atom is 0.187 e. The highest BCUT2D eigenvalue weighted by atomic mass is 19.2. The predicted octanol–water partition coefficient (Wildman–Crippen LogP) is 2.32. The molecule has 0 fully saturated rings. The van der Waals surface area contributed by atoms with E-state index in [1.807, 2.05) is 6.92 Å². The van der Waals surface area contributed by atoms with E-state index in [0.29, 0.717) is 16.9 Å². The topological polar surface area (TPSA) is 42.7 Å². The third kappa shape index (κ3) is 2.79. The van der Waals surface area contributed by atoms with Crippen molar-refractivity contribution in [1.29, 1.82) is 0 Å². The van der Waals surface area contributed by atoms with Gasteiger partial charge in [-0.25, -0.2) is 22.2 Å². The average molecular weight is 288 g/mol. The summed E-state index contributed by atoms with van der Waals surface area (Å²) < 4.78 is 54.0. The molecule has 108 valence electrons. The van der Waals surface area contributed by atoms with Gasteiger partial charge in [-0.3, -0.25) is 0 Å². The molecule has 8 heteroatoms. The van der Waals surface area contributed by atoms with Crippen LogP contribution in [0.3, 0.4) is 0 Å². The van der Waals surface area contributed by atoms with Crippen LogP contribution < -0.4 is 5.32 Å². The zero-order valence-corrected chi connectivity index (χ0v) is 10.6. The van der Waals surface area contributed by atoms with Crippen LogP contribution in [0.4, 0.5) is 17.6 Å². The molecular formula is C12H12F4N4. The van der Waals surface area contributed by atoms with E-state index >= 15 is 0 Å². The first-order valence-corrected chi connectivity index (χ1v) is 6.00. The van der Waals surface area contributed by atoms with Gasteiger partial charge in [-0.2, -0.15) is 0 Å². The molecule has 0 unspecified atom stereocenters. The van der Waals surface area contributed by atoms with Gasteiger partial charge in [0.2, 0.25) is 0 Å². The zero-order valence-electron chi connectivity index (χ0n) is 10.6. The van der Waals surface area contributed by atoms with Gasteiger partial charge in [-0.05, 0) is 13.0 Å². The minimum Gasteiger partial charge on any atom is -0.311 e. The summed E-state index contributed by atoms with van der Waals surface area (Å²) in [5, 5.41) is 10.2. The molecule has 20 heavy (non-hydrogen) atoms. The van der Waals surface area contributed by atoms with E-state index in [0.717, 1.165) is 13.0 Å². The lowest BCUT2D eigenvalue weighted by Crippen LogP contribution is -2.14. The van der Waals surface area contributed by atoms with Crippen LogP contribution >= 0.6 is 0 Å². The number of nitrogens with one attached hydrogen (secondary N) is 1. The third-order valence-corrected chi connectivity index (χ3v) is 2.59. The highest BCUT2D eigenvalue weighted by Crippen LogP contribution is 2.22. The molecule has 0 atom stereocenters. The van der Waals surface area contributed by atoms with Gasteiger partial charge in [0.1, 0.15) is 5.69 Å². The summed E-state index contributed by atoms with van der Waals surface area (Å²) in [5.41, 5.74) is -0.515. The van der Waals surface area contributed by atoms with Crippen molar-refractivity contribution in [2.45, 2.75) is 19.9 Å². The maximum atomic E-state index is 13.6. The van der Waals surface area contributed by atoms with Gasteiger partial charge >= 0.3 is 0 Å². The van der Waals surface area contributed by atoms with E-state index in [1.54, 1.807) is 0 Å². The molecule has 1 aromatic carbocycles. The number of hydrogen-bond donors (Lipinski definition) is 1. The molecule has 0 amide bonds. The second kappa shape index (κ2) is 6.00. The van der Waals surface area contributed by atoms with Crippen molar-refractivity contribution in [3.63, 3.8) is 0 Å². The van der Waals surface area contributed by atoms with Crippen molar-refractivity contribution in [2.75, 3.05) is 6.54 Å². The van der Waals surface area contributed by atoms with Gasteiger partial charge < -0.3 is 5.32 Å². The summed E-state index contributed by atoms with van der Waals surface area (Å²) in [5.74, 6) is -6.00. The molecule has 0 aliphatic carbocycles. The lowest BCUT2D eigenvalue weighted by Gasteiger charge is -2.05. The van der Waals surface area contributed by atoms with Crippen LogP contribution in [0, 0.1) is 23.3 Å². The number of halogens is 4. The molecule has 2 rings (SSSR count). The summed E-state index contributed by atoms with van der Waals surface area (Å²) in [6.45, 7) is 3.06. The first kappa shape index (κ1) is 14.4. The Morgan fingerprint density at radius 1 is 1.15 bits per heavy atom. The van der Waals surface area contributed by atoms with Gasteiger partial charge in [-0.15, -0.1) is 5.10 Å². The van der Waals surface area contributed by atoms with E-state index < -0.39 is 29.0 Å². The summed E-state index contributed by atoms with van der Waals surface area (Å²) in [7, 11) is 0. The highest BCUT2D eigenvalue weighted by Gasteiger charge is 2.21. The highest BCUT2D eigenvalue weighted by molar-refractivity contribution is 5.36. The maximum absolute atomic E-state index is 13.6. The Balaban J connectivity index is 2.33. The van der Waals surface area contributed by atoms with Crippen molar-refractivity contribution in [1.82, 2.24) is 20.3 Å². The van der Waals surface area contributed by atoms with Crippen LogP contribution in [-0.2, 0) is 6.54 Å². The van der Waals surface area contributed by atoms with Gasteiger partial charge in [0.05, 0.1) is 11.9 Å². The lowest BCUT2D eigenvalue weighted by atomic mass is 10.2. The van der Waals surface area contributed by atoms with Crippen LogP contribution in [0.5, 0.6) is 0 Å². The molecule has 2 aromatic rings. The molecule has 1 heterocycles. The Morgan fingerprint density at radius 2 is 1.80 bits per heavy atom. The molecule has 0 bridgehead atoms. The van der Waals surface area contributed by atoms with Gasteiger partial charge in [0.25, 0.3) is 0 Å². The average Bonchev–Trinajstić information content (AvgIpc) is 2.86. The van der Waals surface area contributed by atoms with Crippen molar-refractivity contribution in [3.8, 4) is 5.69 Å². The fourth-order valence-corrected chi connectivity index (χ4v) is 1.64. The molecule has 0 radical (unpaired) electrons. The lowest BCUT2D eigenvalue weighted by molar-refractivity contribution is 0.443. The first-order chi connectivity index (χ1) is 9.54. The minimum absolute atomic E-state index is 0.148. The van der Waals surface area contributed by atoms with Crippen molar-refractivity contribution in [3.05, 3.63) is 41.2 Å². The van der Waals surface area contributed by atoms with E-state index in [4.69, 9.17) is 0 Å². The van der Waals surface area contributed by atoms with Crippen LogP contribution in [0.15, 0.2) is 12.3 Å². The van der Waals surface area contributed by atoms with Crippen LogP contribution in [0.1, 0.15) is 19.0 Å². The molecular weight excluding hydrogens is 276 g/mol. The summed E-state index contributed by atoms with van der Waals surface area (Å²) >= 11 is 0. The van der Waals surface area contributed by atoms with Crippen LogP contribution in [-0.4, -0.2) is 21.5 Å². The molecule has 0 aliphatic heterocycles. The van der Waals surface area contributed by atoms with Gasteiger partial charge in [0, 0.05) is 12.6 Å². The molecule has 1 aromatic heterocycles. The molecule has 4 nitrogen and oxygen atoms in total. The number of rotatable bonds is 5. The number of hydrogen-bond acceptors (Lipinski definition) is 3. The SMILES string of the molecule is CCCNCc1cn(-c2c(F)c(F)cc(F)c2F)nn1. The Hall–Kier alpha value is -1.96. The summed E-state index contributed by atoms with van der Waals surface area (Å²) in [6.07, 6.45) is 2.12. The molecule has 0 saturated heterocycles. The summed E-state index contributed by atoms with van der Waals surface area (Å²) in [4.78, 5) is 0. The monoisotopic (exact) mass is 288 g/mol. The van der Waals surface area contributed by atoms with Crippen molar-refractivity contribution in [2.24, 2.45) is 0 Å². The minimum atomic E-state index is -1.51. The third-order valence-electron chi connectivity index (χ3n) is 2.59. The van der Waals surface area contributed by atoms with Gasteiger partial charge in [-0.1, -0.05) is 12.1 Å². The van der Waals surface area contributed by atoms with Crippen LogP contribution in [0.2, 0.25) is 0 Å². The number of nitrogens with zero attached hydrogens (tertiary/aromatic N) is 3. The van der Waals surface area contributed by atoms with Crippen molar-refractivity contribution < 1.29 is 17.6 Å². The van der Waals surface area contributed by atoms with E-state index in [1.165, 1.54) is 6.20 Å². The predicted molar refractivity (Wildman–Crippen MR) is 63.2 cm³/mol. The van der Waals surface area contributed by atoms with E-state index in [-0.39, 0.29) is 6.07 Å². The number of benzene rings is 1. The van der Waals surface area contributed by atoms with Crippen LogP contribution in [0.25, 0.3) is 5.69 Å². The Kier molecular flexibility index (Phi) is 4.33. The first-order valence-electron chi connectivity index (χ1n) is 6.00. The summed E-state index contributed by atoms with van der Waals surface area (Å²) in [6, 6.07) is 0.148. The zero-order chi connectivity index (χ0) is 14.7. The second-order valence-electron chi connectivity index (χ2n) is 4.15. The fourth-order valence-electron chi connectivity index (χ4n) is 1.64. The molecule has 0 aliphatic rings. The Labute approximate surface area is 112 Å². The normalized spacial score (nSPS) is 11.1. The largest absolute Gasteiger partial charge is 0.311 e. The van der Waals surface area contributed by atoms with Crippen molar-refractivity contribution >= 4 is 0 Å². The Bertz CT molecular complexity index is 585. The van der Waals surface area contributed by atoms with E-state index in [2.05, 4.69) is 15.6 Å². The molecule has 0 saturated carbocycles. The molecule has 0 spiro atoms. The smallest absolute Gasteiger partial charge is 0.187 e. The quantitative estimate of drug-likeness (QED) is 0.521. The second-order valence-corrected chi connectivity index (χ2v) is 4.15. The van der Waals surface area contributed by atoms with Gasteiger partial charge in [0.15, 0.2) is 23.3 Å². The van der Waals surface area contributed by atoms with E-state index in [9.17, 15) is 17.6 Å². The Morgan fingerprint density at radius 3 is 2.40 bits per heavy atom. The standard InChI is InChI=1S/C12H12F4N4/c1-2-3-17-5-7-6-20(19-18-7)12-10(15)8(13)4-9(14)11(12)16/h4,6,17H,2-3,5H2,1H3. The number of aromatic nitrogens is 3. The fraction of sp³-hybridized carbons (Fsp3) is 0.333. The molecule has 1 N–H and O–H groups in total.